The van der Waals surface area contributed by atoms with Crippen LogP contribution in [0.5, 0.6) is 0 Å². The van der Waals surface area contributed by atoms with Crippen molar-refractivity contribution in [1.82, 2.24) is 9.88 Å². The van der Waals surface area contributed by atoms with Gasteiger partial charge in [0, 0.05) is 28.6 Å². The Hall–Kier alpha value is -3.37. The van der Waals surface area contributed by atoms with Gasteiger partial charge < -0.3 is 15.0 Å². The second kappa shape index (κ2) is 6.90. The quantitative estimate of drug-likeness (QED) is 0.538. The van der Waals surface area contributed by atoms with Crippen molar-refractivity contribution in [2.24, 2.45) is 0 Å². The molecule has 4 nitrogen and oxygen atoms in total. The second-order valence-corrected chi connectivity index (χ2v) is 7.54. The van der Waals surface area contributed by atoms with Crippen LogP contribution in [0.4, 0.5) is 0 Å². The summed E-state index contributed by atoms with van der Waals surface area (Å²) < 4.78 is 0. The molecule has 0 saturated carbocycles. The minimum absolute atomic E-state index is 0.0280. The molecule has 1 atom stereocenters. The number of aromatic nitrogens is 1. The number of hydrogen-bond acceptors (Lipinski definition) is 2. The Bertz CT molecular complexity index is 1210. The van der Waals surface area contributed by atoms with E-state index in [-0.39, 0.29) is 18.6 Å². The fraction of sp³-hybridized carbons (Fsp3) is 0.160. The van der Waals surface area contributed by atoms with Crippen molar-refractivity contribution in [2.75, 3.05) is 13.2 Å². The minimum Gasteiger partial charge on any atom is -0.395 e. The summed E-state index contributed by atoms with van der Waals surface area (Å²) in [6.45, 7) is 2.30. The lowest BCUT2D eigenvalue weighted by atomic mass is 9.93. The number of aromatic amines is 1. The van der Waals surface area contributed by atoms with Crippen molar-refractivity contribution >= 4 is 16.8 Å². The van der Waals surface area contributed by atoms with Crippen LogP contribution in [0.25, 0.3) is 22.2 Å². The first kappa shape index (κ1) is 17.7. The molecule has 3 aromatic carbocycles. The number of β-amino-alcohol motifs (C(OH)–C–C–N with tert-alkyl or cyclic N) is 1. The van der Waals surface area contributed by atoms with E-state index in [4.69, 9.17) is 0 Å². The molecule has 4 aromatic rings. The van der Waals surface area contributed by atoms with Crippen LogP contribution in [0, 0.1) is 6.92 Å². The van der Waals surface area contributed by atoms with E-state index >= 15 is 0 Å². The lowest BCUT2D eigenvalue weighted by Gasteiger charge is -2.26. The van der Waals surface area contributed by atoms with Crippen molar-refractivity contribution in [3.63, 3.8) is 0 Å². The summed E-state index contributed by atoms with van der Waals surface area (Å²) in [5, 5.41) is 10.8. The van der Waals surface area contributed by atoms with Crippen molar-refractivity contribution in [2.45, 2.75) is 13.0 Å². The number of carbonyl (C=O) groups excluding carboxylic acids is 1. The van der Waals surface area contributed by atoms with E-state index in [9.17, 15) is 9.90 Å². The molecule has 1 aliphatic heterocycles. The third kappa shape index (κ3) is 2.76. The van der Waals surface area contributed by atoms with Gasteiger partial charge in [-0.3, -0.25) is 4.79 Å². The lowest BCUT2D eigenvalue weighted by Crippen LogP contribution is -2.31. The van der Waals surface area contributed by atoms with Crippen LogP contribution < -0.4 is 0 Å². The fourth-order valence-electron chi connectivity index (χ4n) is 4.42. The molecule has 0 fully saturated rings. The molecule has 0 unspecified atom stereocenters. The Morgan fingerprint density at radius 1 is 0.966 bits per heavy atom. The van der Waals surface area contributed by atoms with Gasteiger partial charge in [0.05, 0.1) is 18.3 Å². The number of fused-ring (bicyclic) bond motifs is 2. The third-order valence-electron chi connectivity index (χ3n) is 5.76. The number of hydrogen-bond donors (Lipinski definition) is 2. The molecule has 5 rings (SSSR count). The molecule has 2 N–H and O–H groups in total. The Morgan fingerprint density at radius 3 is 2.48 bits per heavy atom. The van der Waals surface area contributed by atoms with Crippen molar-refractivity contribution in [3.05, 3.63) is 95.1 Å². The van der Waals surface area contributed by atoms with E-state index in [2.05, 4.69) is 48.3 Å². The van der Waals surface area contributed by atoms with Crippen molar-refractivity contribution in [3.8, 4) is 11.3 Å². The number of amides is 1. The number of aliphatic hydroxyl groups excluding tert-OH is 1. The normalized spacial score (nSPS) is 15.9. The van der Waals surface area contributed by atoms with Crippen LogP contribution in [0.2, 0.25) is 0 Å². The zero-order valence-corrected chi connectivity index (χ0v) is 16.2. The number of H-pyrrole nitrogens is 1. The maximum atomic E-state index is 13.1. The summed E-state index contributed by atoms with van der Waals surface area (Å²) in [5.74, 6) is -0.0280. The van der Waals surface area contributed by atoms with Gasteiger partial charge >= 0.3 is 0 Å². The van der Waals surface area contributed by atoms with Crippen LogP contribution in [0.1, 0.15) is 33.1 Å². The summed E-state index contributed by atoms with van der Waals surface area (Å²) in [4.78, 5) is 18.5. The van der Waals surface area contributed by atoms with Crippen LogP contribution in [0.15, 0.2) is 72.8 Å². The number of aryl methyl sites for hydroxylation is 1. The van der Waals surface area contributed by atoms with Gasteiger partial charge in [-0.25, -0.2) is 0 Å². The molecule has 144 valence electrons. The second-order valence-electron chi connectivity index (χ2n) is 7.54. The number of nitrogens with one attached hydrogen (secondary N) is 1. The van der Waals surface area contributed by atoms with Crippen LogP contribution >= 0.6 is 0 Å². The number of benzene rings is 3. The SMILES string of the molecule is Cc1ccc(-c2[nH]c3ccccc3c2[C@@H]2c3ccccc3C(=O)N2CCO)cc1. The van der Waals surface area contributed by atoms with Gasteiger partial charge in [-0.15, -0.1) is 0 Å². The summed E-state index contributed by atoms with van der Waals surface area (Å²) in [6.07, 6.45) is 0. The smallest absolute Gasteiger partial charge is 0.255 e. The first-order valence-electron chi connectivity index (χ1n) is 9.87. The minimum atomic E-state index is -0.238. The molecule has 1 aromatic heterocycles. The van der Waals surface area contributed by atoms with E-state index < -0.39 is 0 Å². The van der Waals surface area contributed by atoms with Crippen LogP contribution in [-0.2, 0) is 0 Å². The Kier molecular flexibility index (Phi) is 4.22. The molecule has 2 heterocycles. The summed E-state index contributed by atoms with van der Waals surface area (Å²) >= 11 is 0. The molecule has 0 bridgehead atoms. The highest BCUT2D eigenvalue weighted by molar-refractivity contribution is 6.02. The van der Waals surface area contributed by atoms with Gasteiger partial charge in [0.25, 0.3) is 5.91 Å². The van der Waals surface area contributed by atoms with E-state index in [1.54, 1.807) is 4.90 Å². The molecule has 0 aliphatic carbocycles. The van der Waals surface area contributed by atoms with Crippen LogP contribution in [-0.4, -0.2) is 34.0 Å². The predicted molar refractivity (Wildman–Crippen MR) is 115 cm³/mol. The highest BCUT2D eigenvalue weighted by atomic mass is 16.3. The summed E-state index contributed by atoms with van der Waals surface area (Å²) in [6, 6.07) is 24.2. The first-order valence-corrected chi connectivity index (χ1v) is 9.87. The van der Waals surface area contributed by atoms with Gasteiger partial charge in [-0.1, -0.05) is 66.2 Å². The number of para-hydroxylation sites is 1. The average Bonchev–Trinajstić information content (AvgIpc) is 3.25. The van der Waals surface area contributed by atoms with Gasteiger partial charge in [-0.2, -0.15) is 0 Å². The van der Waals surface area contributed by atoms with Crippen molar-refractivity contribution < 1.29 is 9.90 Å². The Balaban J connectivity index is 1.80. The molecule has 4 heteroatoms. The highest BCUT2D eigenvalue weighted by Gasteiger charge is 2.39. The summed E-state index contributed by atoms with van der Waals surface area (Å²) in [7, 11) is 0. The van der Waals surface area contributed by atoms with E-state index in [1.165, 1.54) is 5.56 Å². The monoisotopic (exact) mass is 382 g/mol. The van der Waals surface area contributed by atoms with E-state index in [0.29, 0.717) is 12.1 Å². The molecule has 0 radical (unpaired) electrons. The zero-order chi connectivity index (χ0) is 20.0. The van der Waals surface area contributed by atoms with E-state index in [0.717, 1.165) is 33.3 Å². The number of rotatable bonds is 4. The standard InChI is InChI=1S/C25H22N2O2/c1-16-10-12-17(13-11-16)23-22(20-8-4-5-9-21(20)26-23)24-18-6-2-3-7-19(18)25(29)27(24)14-15-28/h2-13,24,26,28H,14-15H2,1H3/t24-/m0/s1. The van der Waals surface area contributed by atoms with Crippen LogP contribution in [0.3, 0.4) is 0 Å². The summed E-state index contributed by atoms with van der Waals surface area (Å²) in [5.41, 5.74) is 7.13. The molecule has 0 saturated heterocycles. The number of aliphatic hydroxyl groups is 1. The molecule has 0 spiro atoms. The predicted octanol–water partition coefficient (Wildman–Crippen LogP) is 4.68. The largest absolute Gasteiger partial charge is 0.395 e. The maximum Gasteiger partial charge on any atom is 0.255 e. The number of nitrogens with zero attached hydrogens (tertiary/aromatic N) is 1. The van der Waals surface area contributed by atoms with E-state index in [1.807, 2.05) is 36.4 Å². The molecule has 29 heavy (non-hydrogen) atoms. The average molecular weight is 382 g/mol. The Labute approximate surface area is 169 Å². The van der Waals surface area contributed by atoms with Gasteiger partial charge in [0.2, 0.25) is 0 Å². The lowest BCUT2D eigenvalue weighted by molar-refractivity contribution is 0.0713. The number of carbonyl (C=O) groups is 1. The Morgan fingerprint density at radius 2 is 1.69 bits per heavy atom. The molecule has 1 amide bonds. The highest BCUT2D eigenvalue weighted by Crippen LogP contribution is 2.45. The molecular formula is C25H22N2O2. The van der Waals surface area contributed by atoms with Gasteiger partial charge in [0.1, 0.15) is 0 Å². The van der Waals surface area contributed by atoms with Gasteiger partial charge in [-0.05, 0) is 30.2 Å². The zero-order valence-electron chi connectivity index (χ0n) is 16.2. The molecule has 1 aliphatic rings. The topological polar surface area (TPSA) is 56.3 Å². The first-order chi connectivity index (χ1) is 14.2. The molecular weight excluding hydrogens is 360 g/mol. The fourth-order valence-corrected chi connectivity index (χ4v) is 4.42. The third-order valence-corrected chi connectivity index (χ3v) is 5.76. The maximum absolute atomic E-state index is 13.1. The van der Waals surface area contributed by atoms with Crippen molar-refractivity contribution in [1.29, 1.82) is 0 Å². The van der Waals surface area contributed by atoms with Gasteiger partial charge in [0.15, 0.2) is 0 Å².